The molecule has 2 N–H and O–H groups in total. The molecule has 0 atom stereocenters. The van der Waals surface area contributed by atoms with Crippen molar-refractivity contribution in [2.75, 3.05) is 19.1 Å². The molecule has 8 nitrogen and oxygen atoms in total. The normalized spacial score (nSPS) is 12.2. The van der Waals surface area contributed by atoms with E-state index in [2.05, 4.69) is 15.0 Å². The lowest BCUT2D eigenvalue weighted by molar-refractivity contribution is 0.174. The predicted molar refractivity (Wildman–Crippen MR) is 72.3 cm³/mol. The van der Waals surface area contributed by atoms with Crippen molar-refractivity contribution in [1.82, 2.24) is 15.0 Å². The zero-order chi connectivity index (χ0) is 14.7. The molecule has 0 aliphatic carbocycles. The van der Waals surface area contributed by atoms with Crippen molar-refractivity contribution in [3.8, 4) is 23.5 Å². The Bertz CT molecular complexity index is 650. The molecular weight excluding hydrogens is 276 g/mol. The maximum absolute atomic E-state index is 5.57. The first-order valence-electron chi connectivity index (χ1n) is 6.40. The molecule has 110 valence electrons. The minimum atomic E-state index is 0.0501. The number of nitrogen functional groups attached to an aromatic ring is 1. The number of anilines is 1. The SMILES string of the molecule is CCOc1nc(N)nc(OCc2ccc3c(c2)OCO3)n1. The molecule has 0 saturated carbocycles. The summed E-state index contributed by atoms with van der Waals surface area (Å²) in [6.45, 7) is 2.77. The first-order valence-corrected chi connectivity index (χ1v) is 6.40. The predicted octanol–water partition coefficient (Wildman–Crippen LogP) is 1.16. The van der Waals surface area contributed by atoms with Crippen LogP contribution in [-0.4, -0.2) is 28.4 Å². The minimum Gasteiger partial charge on any atom is -0.464 e. The van der Waals surface area contributed by atoms with Gasteiger partial charge in [0.2, 0.25) is 12.7 Å². The molecule has 0 saturated heterocycles. The van der Waals surface area contributed by atoms with Crippen LogP contribution in [0.15, 0.2) is 18.2 Å². The van der Waals surface area contributed by atoms with E-state index in [0.717, 1.165) is 11.3 Å². The van der Waals surface area contributed by atoms with E-state index in [1.165, 1.54) is 0 Å². The van der Waals surface area contributed by atoms with E-state index in [-0.39, 0.29) is 31.4 Å². The van der Waals surface area contributed by atoms with Gasteiger partial charge in [-0.2, -0.15) is 9.97 Å². The molecule has 0 bridgehead atoms. The summed E-state index contributed by atoms with van der Waals surface area (Å²) in [6, 6.07) is 5.81. The van der Waals surface area contributed by atoms with Crippen LogP contribution in [0.2, 0.25) is 0 Å². The van der Waals surface area contributed by atoms with Crippen molar-refractivity contribution in [2.24, 2.45) is 0 Å². The molecule has 1 aromatic carbocycles. The number of nitrogens with zero attached hydrogens (tertiary/aromatic N) is 3. The largest absolute Gasteiger partial charge is 0.464 e. The van der Waals surface area contributed by atoms with E-state index < -0.39 is 0 Å². The van der Waals surface area contributed by atoms with Crippen LogP contribution in [0.5, 0.6) is 23.5 Å². The van der Waals surface area contributed by atoms with E-state index in [1.54, 1.807) is 0 Å². The third-order valence-electron chi connectivity index (χ3n) is 2.69. The maximum Gasteiger partial charge on any atom is 0.324 e. The van der Waals surface area contributed by atoms with Gasteiger partial charge in [-0.25, -0.2) is 0 Å². The van der Waals surface area contributed by atoms with Gasteiger partial charge in [-0.3, -0.25) is 0 Å². The topological polar surface area (TPSA) is 102 Å². The Balaban J connectivity index is 1.69. The van der Waals surface area contributed by atoms with Gasteiger partial charge in [0.25, 0.3) is 0 Å². The van der Waals surface area contributed by atoms with Crippen molar-refractivity contribution in [2.45, 2.75) is 13.5 Å². The molecule has 1 aliphatic rings. The maximum atomic E-state index is 5.57. The zero-order valence-electron chi connectivity index (χ0n) is 11.4. The number of ether oxygens (including phenoxy) is 4. The highest BCUT2D eigenvalue weighted by molar-refractivity contribution is 5.44. The van der Waals surface area contributed by atoms with Gasteiger partial charge in [0.05, 0.1) is 6.61 Å². The first kappa shape index (κ1) is 13.2. The highest BCUT2D eigenvalue weighted by atomic mass is 16.7. The van der Waals surface area contributed by atoms with Crippen LogP contribution >= 0.6 is 0 Å². The van der Waals surface area contributed by atoms with Crippen LogP contribution in [-0.2, 0) is 6.61 Å². The molecule has 0 radical (unpaired) electrons. The summed E-state index contributed by atoms with van der Waals surface area (Å²) >= 11 is 0. The molecule has 0 fully saturated rings. The summed E-state index contributed by atoms with van der Waals surface area (Å²) in [5, 5.41) is 0. The Hall–Kier alpha value is -2.77. The van der Waals surface area contributed by atoms with Crippen LogP contribution in [0, 0.1) is 0 Å². The summed E-state index contributed by atoms with van der Waals surface area (Å²) in [7, 11) is 0. The number of benzene rings is 1. The second-order valence-electron chi connectivity index (χ2n) is 4.17. The number of fused-ring (bicyclic) bond motifs is 1. The molecule has 8 heteroatoms. The second kappa shape index (κ2) is 5.70. The molecule has 2 aromatic rings. The average molecular weight is 290 g/mol. The van der Waals surface area contributed by atoms with Gasteiger partial charge in [0.15, 0.2) is 11.5 Å². The van der Waals surface area contributed by atoms with E-state index in [1.807, 2.05) is 25.1 Å². The van der Waals surface area contributed by atoms with Gasteiger partial charge >= 0.3 is 12.0 Å². The number of nitrogens with two attached hydrogens (primary N) is 1. The van der Waals surface area contributed by atoms with Crippen LogP contribution in [0.3, 0.4) is 0 Å². The standard InChI is InChI=1S/C13H14N4O4/c1-2-18-12-15-11(14)16-13(17-12)19-6-8-3-4-9-10(5-8)21-7-20-9/h3-5H,2,6-7H2,1H3,(H2,14,15,16,17). The fraction of sp³-hybridized carbons (Fsp3) is 0.308. The summed E-state index contributed by atoms with van der Waals surface area (Å²) in [6.07, 6.45) is 0. The van der Waals surface area contributed by atoms with E-state index in [0.29, 0.717) is 12.4 Å². The highest BCUT2D eigenvalue weighted by Gasteiger charge is 2.14. The Labute approximate surface area is 120 Å². The van der Waals surface area contributed by atoms with Gasteiger partial charge in [0, 0.05) is 0 Å². The quantitative estimate of drug-likeness (QED) is 0.875. The lowest BCUT2D eigenvalue weighted by Crippen LogP contribution is -2.06. The molecular formula is C13H14N4O4. The van der Waals surface area contributed by atoms with Gasteiger partial charge in [-0.05, 0) is 24.6 Å². The smallest absolute Gasteiger partial charge is 0.324 e. The zero-order valence-corrected chi connectivity index (χ0v) is 11.4. The number of aromatic nitrogens is 3. The van der Waals surface area contributed by atoms with Gasteiger partial charge in [0.1, 0.15) is 6.61 Å². The van der Waals surface area contributed by atoms with Crippen molar-refractivity contribution in [1.29, 1.82) is 0 Å². The van der Waals surface area contributed by atoms with Crippen LogP contribution < -0.4 is 24.7 Å². The van der Waals surface area contributed by atoms with E-state index >= 15 is 0 Å². The number of rotatable bonds is 5. The van der Waals surface area contributed by atoms with Gasteiger partial charge in [-0.15, -0.1) is 4.98 Å². The summed E-state index contributed by atoms with van der Waals surface area (Å²) in [4.78, 5) is 11.8. The molecule has 0 amide bonds. The summed E-state index contributed by atoms with van der Waals surface area (Å²) < 4.78 is 21.2. The lowest BCUT2D eigenvalue weighted by atomic mass is 10.2. The van der Waals surface area contributed by atoms with Gasteiger partial charge < -0.3 is 24.7 Å². The second-order valence-corrected chi connectivity index (χ2v) is 4.17. The van der Waals surface area contributed by atoms with Gasteiger partial charge in [-0.1, -0.05) is 6.07 Å². The van der Waals surface area contributed by atoms with Crippen molar-refractivity contribution >= 4 is 5.95 Å². The molecule has 3 rings (SSSR count). The Morgan fingerprint density at radius 2 is 1.86 bits per heavy atom. The fourth-order valence-corrected chi connectivity index (χ4v) is 1.79. The highest BCUT2D eigenvalue weighted by Crippen LogP contribution is 2.32. The average Bonchev–Trinajstić information content (AvgIpc) is 2.92. The Morgan fingerprint density at radius 1 is 1.10 bits per heavy atom. The van der Waals surface area contributed by atoms with E-state index in [9.17, 15) is 0 Å². The fourth-order valence-electron chi connectivity index (χ4n) is 1.79. The monoisotopic (exact) mass is 290 g/mol. The molecule has 1 aliphatic heterocycles. The third-order valence-corrected chi connectivity index (χ3v) is 2.69. The van der Waals surface area contributed by atoms with Crippen LogP contribution in [0.25, 0.3) is 0 Å². The molecule has 0 spiro atoms. The number of hydrogen-bond donors (Lipinski definition) is 1. The molecule has 0 unspecified atom stereocenters. The first-order chi connectivity index (χ1) is 10.2. The van der Waals surface area contributed by atoms with E-state index in [4.69, 9.17) is 24.7 Å². The van der Waals surface area contributed by atoms with Crippen LogP contribution in [0.4, 0.5) is 5.95 Å². The summed E-state index contributed by atoms with van der Waals surface area (Å²) in [5.74, 6) is 1.47. The summed E-state index contributed by atoms with van der Waals surface area (Å²) in [5.41, 5.74) is 6.47. The van der Waals surface area contributed by atoms with Crippen LogP contribution in [0.1, 0.15) is 12.5 Å². The van der Waals surface area contributed by atoms with Crippen molar-refractivity contribution in [3.63, 3.8) is 0 Å². The number of hydrogen-bond acceptors (Lipinski definition) is 8. The third kappa shape index (κ3) is 3.04. The lowest BCUT2D eigenvalue weighted by Gasteiger charge is -2.07. The molecule has 2 heterocycles. The molecule has 1 aromatic heterocycles. The van der Waals surface area contributed by atoms with Crippen molar-refractivity contribution in [3.05, 3.63) is 23.8 Å². The minimum absolute atomic E-state index is 0.0501. The van der Waals surface area contributed by atoms with Crippen molar-refractivity contribution < 1.29 is 18.9 Å². The Morgan fingerprint density at radius 3 is 2.67 bits per heavy atom. The molecule has 21 heavy (non-hydrogen) atoms. The Kier molecular flexibility index (Phi) is 3.59.